The Labute approximate surface area is 215 Å². The number of benzene rings is 3. The predicted octanol–water partition coefficient (Wildman–Crippen LogP) is 3.06. The van der Waals surface area contributed by atoms with E-state index in [1.54, 1.807) is 25.3 Å². The molecule has 1 aromatic heterocycles. The van der Waals surface area contributed by atoms with E-state index in [4.69, 9.17) is 15.5 Å². The van der Waals surface area contributed by atoms with Gasteiger partial charge in [0.2, 0.25) is 5.96 Å². The highest BCUT2D eigenvalue weighted by Gasteiger charge is 2.39. The van der Waals surface area contributed by atoms with Gasteiger partial charge in [0, 0.05) is 25.8 Å². The summed E-state index contributed by atoms with van der Waals surface area (Å²) in [4.78, 5) is 25.6. The third kappa shape index (κ3) is 5.42. The van der Waals surface area contributed by atoms with Crippen LogP contribution in [0.3, 0.4) is 0 Å². The lowest BCUT2D eigenvalue weighted by molar-refractivity contribution is 0.0977. The fourth-order valence-corrected chi connectivity index (χ4v) is 4.14. The predicted molar refractivity (Wildman–Crippen MR) is 145 cm³/mol. The van der Waals surface area contributed by atoms with Crippen molar-refractivity contribution in [2.45, 2.75) is 19.1 Å². The second kappa shape index (κ2) is 11.6. The number of carbonyl (C=O) groups is 1. The number of nitrogens with one attached hydrogen (secondary N) is 1. The van der Waals surface area contributed by atoms with E-state index >= 15 is 0 Å². The van der Waals surface area contributed by atoms with Crippen LogP contribution in [-0.2, 0) is 16.9 Å². The molecule has 190 valence electrons. The summed E-state index contributed by atoms with van der Waals surface area (Å²) >= 11 is 0. The molecule has 4 aromatic rings. The summed E-state index contributed by atoms with van der Waals surface area (Å²) in [7, 11) is 1.61. The summed E-state index contributed by atoms with van der Waals surface area (Å²) in [5, 5.41) is 14.9. The number of guanidine groups is 1. The molecule has 0 unspecified atom stereocenters. The number of imidazole rings is 1. The topological polar surface area (TPSA) is 127 Å². The minimum atomic E-state index is -1.55. The van der Waals surface area contributed by atoms with E-state index in [0.29, 0.717) is 53.2 Å². The lowest BCUT2D eigenvalue weighted by Crippen LogP contribution is -2.36. The number of aromatic nitrogens is 2. The zero-order valence-corrected chi connectivity index (χ0v) is 20.8. The SMILES string of the molecule is CCN=CN=C(N)NC(=O)c1ccc2nc(C(O)(c3ccccc3)c3ccccc3)n(CCOC)c2c1. The standard InChI is InChI=1S/C28H30N6O3/c1-3-30-19-31-27(29)33-25(35)20-14-15-23-24(18-20)34(16-17-37-2)26(32-23)28(36,21-10-6-4-7-11-21)22-12-8-5-9-13-22/h4-15,18-19,36H,3,16-17H2,1-2H3,(H3,29,30,31,33,35). The van der Waals surface area contributed by atoms with Crippen molar-refractivity contribution in [1.82, 2.24) is 14.9 Å². The molecular formula is C28H30N6O3. The first-order valence-electron chi connectivity index (χ1n) is 11.9. The zero-order chi connectivity index (χ0) is 26.3. The van der Waals surface area contributed by atoms with Crippen molar-refractivity contribution < 1.29 is 14.6 Å². The number of ether oxygens (including phenoxy) is 1. The maximum absolute atomic E-state index is 12.9. The van der Waals surface area contributed by atoms with Gasteiger partial charge in [-0.1, -0.05) is 60.7 Å². The number of amides is 1. The molecule has 0 radical (unpaired) electrons. The summed E-state index contributed by atoms with van der Waals surface area (Å²) in [6.45, 7) is 3.22. The van der Waals surface area contributed by atoms with Gasteiger partial charge in [-0.15, -0.1) is 0 Å². The van der Waals surface area contributed by atoms with Gasteiger partial charge in [0.1, 0.15) is 6.34 Å². The maximum atomic E-state index is 12.9. The second-order valence-corrected chi connectivity index (χ2v) is 8.31. The normalized spacial score (nSPS) is 12.4. The number of aliphatic imine (C=N–C) groups is 2. The van der Waals surface area contributed by atoms with Gasteiger partial charge in [-0.2, -0.15) is 0 Å². The van der Waals surface area contributed by atoms with Crippen molar-refractivity contribution in [3.05, 3.63) is 101 Å². The summed E-state index contributed by atoms with van der Waals surface area (Å²) in [6, 6.07) is 23.9. The first-order chi connectivity index (χ1) is 18.0. The van der Waals surface area contributed by atoms with E-state index in [1.165, 1.54) is 6.34 Å². The molecule has 3 aromatic carbocycles. The largest absolute Gasteiger partial charge is 0.383 e. The van der Waals surface area contributed by atoms with Crippen molar-refractivity contribution in [3.8, 4) is 0 Å². The monoisotopic (exact) mass is 498 g/mol. The molecule has 4 N–H and O–H groups in total. The minimum Gasteiger partial charge on any atom is -0.383 e. The fraction of sp³-hybridized carbons (Fsp3) is 0.214. The van der Waals surface area contributed by atoms with E-state index in [1.807, 2.05) is 72.2 Å². The summed E-state index contributed by atoms with van der Waals surface area (Å²) < 4.78 is 7.26. The molecule has 0 saturated heterocycles. The molecule has 0 bridgehead atoms. The van der Waals surface area contributed by atoms with Gasteiger partial charge in [-0.05, 0) is 36.2 Å². The van der Waals surface area contributed by atoms with Gasteiger partial charge in [-0.25, -0.2) is 9.98 Å². The Morgan fingerprint density at radius 1 is 1.11 bits per heavy atom. The van der Waals surface area contributed by atoms with E-state index in [-0.39, 0.29) is 5.96 Å². The zero-order valence-electron chi connectivity index (χ0n) is 20.8. The number of fused-ring (bicyclic) bond motifs is 1. The number of rotatable bonds is 9. The fourth-order valence-electron chi connectivity index (χ4n) is 4.14. The number of hydrogen-bond donors (Lipinski definition) is 3. The highest BCUT2D eigenvalue weighted by molar-refractivity contribution is 6.07. The Morgan fingerprint density at radius 2 is 1.76 bits per heavy atom. The van der Waals surface area contributed by atoms with Crippen LogP contribution in [0.1, 0.15) is 34.2 Å². The van der Waals surface area contributed by atoms with Gasteiger partial charge in [-0.3, -0.25) is 15.1 Å². The van der Waals surface area contributed by atoms with E-state index < -0.39 is 11.5 Å². The van der Waals surface area contributed by atoms with Crippen molar-refractivity contribution >= 4 is 29.2 Å². The molecule has 0 atom stereocenters. The van der Waals surface area contributed by atoms with Crippen LogP contribution in [0.2, 0.25) is 0 Å². The van der Waals surface area contributed by atoms with Crippen LogP contribution < -0.4 is 11.1 Å². The Bertz CT molecular complexity index is 1370. The minimum absolute atomic E-state index is 0.0570. The Morgan fingerprint density at radius 3 is 2.35 bits per heavy atom. The van der Waals surface area contributed by atoms with Crippen LogP contribution >= 0.6 is 0 Å². The van der Waals surface area contributed by atoms with Crippen LogP contribution in [0.25, 0.3) is 11.0 Å². The molecule has 0 aliphatic carbocycles. The molecule has 0 aliphatic rings. The maximum Gasteiger partial charge on any atom is 0.258 e. The number of nitrogens with zero attached hydrogens (tertiary/aromatic N) is 4. The van der Waals surface area contributed by atoms with Gasteiger partial charge < -0.3 is 20.1 Å². The smallest absolute Gasteiger partial charge is 0.258 e. The molecule has 37 heavy (non-hydrogen) atoms. The van der Waals surface area contributed by atoms with E-state index in [2.05, 4.69) is 15.3 Å². The lowest BCUT2D eigenvalue weighted by atomic mass is 9.85. The van der Waals surface area contributed by atoms with Crippen molar-refractivity contribution in [2.24, 2.45) is 15.7 Å². The quantitative estimate of drug-likeness (QED) is 0.241. The first-order valence-corrected chi connectivity index (χ1v) is 11.9. The van der Waals surface area contributed by atoms with Crippen LogP contribution in [0.5, 0.6) is 0 Å². The Balaban J connectivity index is 1.85. The second-order valence-electron chi connectivity index (χ2n) is 8.31. The van der Waals surface area contributed by atoms with Crippen molar-refractivity contribution in [1.29, 1.82) is 0 Å². The molecule has 4 rings (SSSR count). The molecule has 9 nitrogen and oxygen atoms in total. The number of aliphatic hydroxyl groups is 1. The van der Waals surface area contributed by atoms with Gasteiger partial charge in [0.05, 0.1) is 17.6 Å². The number of carbonyl (C=O) groups excluding carboxylic acids is 1. The molecule has 0 fully saturated rings. The van der Waals surface area contributed by atoms with E-state index in [9.17, 15) is 9.90 Å². The number of hydrogen-bond acceptors (Lipinski definition) is 5. The van der Waals surface area contributed by atoms with E-state index in [0.717, 1.165) is 0 Å². The molecule has 9 heteroatoms. The van der Waals surface area contributed by atoms with Crippen LogP contribution in [0.4, 0.5) is 0 Å². The molecule has 0 spiro atoms. The Kier molecular flexibility index (Phi) is 8.07. The third-order valence-electron chi connectivity index (χ3n) is 5.94. The van der Waals surface area contributed by atoms with Gasteiger partial charge in [0.15, 0.2) is 11.4 Å². The Hall–Kier alpha value is -4.34. The third-order valence-corrected chi connectivity index (χ3v) is 5.94. The van der Waals surface area contributed by atoms with Crippen LogP contribution in [0, 0.1) is 0 Å². The van der Waals surface area contributed by atoms with Crippen molar-refractivity contribution in [2.75, 3.05) is 20.3 Å². The summed E-state index contributed by atoms with van der Waals surface area (Å²) in [5.41, 5.74) is 7.28. The van der Waals surface area contributed by atoms with Gasteiger partial charge in [0.25, 0.3) is 5.91 Å². The molecule has 0 aliphatic heterocycles. The number of methoxy groups -OCH3 is 1. The summed E-state index contributed by atoms with van der Waals surface area (Å²) in [5.74, 6) is -0.0553. The van der Waals surface area contributed by atoms with Gasteiger partial charge >= 0.3 is 0 Å². The molecular weight excluding hydrogens is 468 g/mol. The molecule has 1 heterocycles. The highest BCUT2D eigenvalue weighted by atomic mass is 16.5. The average molecular weight is 499 g/mol. The van der Waals surface area contributed by atoms with Crippen molar-refractivity contribution in [3.63, 3.8) is 0 Å². The average Bonchev–Trinajstić information content (AvgIpc) is 3.30. The van der Waals surface area contributed by atoms with Crippen LogP contribution in [0.15, 0.2) is 88.8 Å². The molecule has 1 amide bonds. The number of nitrogens with two attached hydrogens (primary N) is 1. The lowest BCUT2D eigenvalue weighted by Gasteiger charge is -2.29. The first kappa shape index (κ1) is 25.7. The highest BCUT2D eigenvalue weighted by Crippen LogP contribution is 2.37. The molecule has 0 saturated carbocycles. The van der Waals surface area contributed by atoms with Crippen LogP contribution in [-0.4, -0.2) is 53.1 Å². The summed E-state index contributed by atoms with van der Waals surface area (Å²) in [6.07, 6.45) is 1.30.